The molecule has 0 bridgehead atoms. The summed E-state index contributed by atoms with van der Waals surface area (Å²) in [6, 6.07) is 0. The first-order valence-electron chi connectivity index (χ1n) is 5.68. The highest BCUT2D eigenvalue weighted by atomic mass is 19.4. The number of carbonyl (C=O) groups is 1. The van der Waals surface area contributed by atoms with Gasteiger partial charge in [-0.15, -0.1) is 5.10 Å². The highest BCUT2D eigenvalue weighted by molar-refractivity contribution is 5.90. The lowest BCUT2D eigenvalue weighted by Crippen LogP contribution is -2.26. The summed E-state index contributed by atoms with van der Waals surface area (Å²) in [4.78, 5) is 15.4. The fraction of sp³-hybridized carbons (Fsp3) is 0.700. The van der Waals surface area contributed by atoms with Crippen LogP contribution < -0.4 is 5.32 Å². The van der Waals surface area contributed by atoms with Crippen molar-refractivity contribution in [2.45, 2.75) is 38.8 Å². The van der Waals surface area contributed by atoms with E-state index < -0.39 is 18.5 Å². The van der Waals surface area contributed by atoms with Crippen LogP contribution in [-0.2, 0) is 6.42 Å². The van der Waals surface area contributed by atoms with Crippen molar-refractivity contribution >= 4 is 5.91 Å². The molecule has 0 fully saturated rings. The lowest BCUT2D eigenvalue weighted by molar-refractivity contribution is -0.135. The number of aromatic amines is 1. The predicted octanol–water partition coefficient (Wildman–Crippen LogP) is 1.83. The molecule has 5 nitrogen and oxygen atoms in total. The third-order valence-electron chi connectivity index (χ3n) is 2.14. The summed E-state index contributed by atoms with van der Waals surface area (Å²) in [6.45, 7) is 1.91. The van der Waals surface area contributed by atoms with Crippen molar-refractivity contribution in [1.82, 2.24) is 20.5 Å². The van der Waals surface area contributed by atoms with Gasteiger partial charge in [-0.1, -0.05) is 6.92 Å². The minimum atomic E-state index is -4.19. The van der Waals surface area contributed by atoms with Crippen molar-refractivity contribution in [2.75, 3.05) is 6.54 Å². The van der Waals surface area contributed by atoms with Gasteiger partial charge in [-0.05, 0) is 12.8 Å². The Morgan fingerprint density at radius 3 is 2.78 bits per heavy atom. The molecule has 8 heteroatoms. The van der Waals surface area contributed by atoms with E-state index in [0.717, 1.165) is 6.42 Å². The molecule has 1 aromatic heterocycles. The van der Waals surface area contributed by atoms with Gasteiger partial charge in [0.2, 0.25) is 5.82 Å². The molecule has 18 heavy (non-hydrogen) atoms. The molecule has 0 aliphatic carbocycles. The molecule has 1 rings (SSSR count). The van der Waals surface area contributed by atoms with Gasteiger partial charge < -0.3 is 5.32 Å². The minimum absolute atomic E-state index is 0.0366. The smallest absolute Gasteiger partial charge is 0.349 e. The average Bonchev–Trinajstić information content (AvgIpc) is 2.72. The molecule has 0 aromatic carbocycles. The molecular weight excluding hydrogens is 249 g/mol. The number of hydrogen-bond acceptors (Lipinski definition) is 3. The number of aryl methyl sites for hydroxylation is 1. The van der Waals surface area contributed by atoms with Crippen LogP contribution in [-0.4, -0.2) is 33.8 Å². The lowest BCUT2D eigenvalue weighted by atomic mass is 10.3. The Hall–Kier alpha value is -1.60. The molecule has 0 atom stereocenters. The number of nitrogens with one attached hydrogen (secondary N) is 2. The highest BCUT2D eigenvalue weighted by Crippen LogP contribution is 2.20. The van der Waals surface area contributed by atoms with E-state index in [4.69, 9.17) is 0 Å². The number of H-pyrrole nitrogens is 1. The zero-order valence-electron chi connectivity index (χ0n) is 9.97. The Labute approximate surface area is 102 Å². The maximum absolute atomic E-state index is 11.8. The number of alkyl halides is 3. The third kappa shape index (κ3) is 5.15. The molecule has 0 radical (unpaired) electrons. The number of amides is 1. The zero-order chi connectivity index (χ0) is 13.6. The third-order valence-corrected chi connectivity index (χ3v) is 2.14. The van der Waals surface area contributed by atoms with Crippen molar-refractivity contribution in [3.63, 3.8) is 0 Å². The Bertz CT molecular complexity index is 389. The van der Waals surface area contributed by atoms with Crippen molar-refractivity contribution < 1.29 is 18.0 Å². The summed E-state index contributed by atoms with van der Waals surface area (Å²) in [5.41, 5.74) is 0. The van der Waals surface area contributed by atoms with Gasteiger partial charge in [-0.3, -0.25) is 9.89 Å². The van der Waals surface area contributed by atoms with E-state index in [1.54, 1.807) is 0 Å². The van der Waals surface area contributed by atoms with Gasteiger partial charge in [0.1, 0.15) is 5.82 Å². The summed E-state index contributed by atoms with van der Waals surface area (Å²) in [5.74, 6) is -0.000761. The first kappa shape index (κ1) is 14.5. The summed E-state index contributed by atoms with van der Waals surface area (Å²) < 4.78 is 35.5. The summed E-state index contributed by atoms with van der Waals surface area (Å²) in [6.07, 6.45) is -3.72. The van der Waals surface area contributed by atoms with Crippen molar-refractivity contribution in [2.24, 2.45) is 0 Å². The van der Waals surface area contributed by atoms with Crippen LogP contribution in [0.1, 0.15) is 42.6 Å². The molecule has 0 unspecified atom stereocenters. The number of halogens is 3. The molecule has 2 N–H and O–H groups in total. The number of carbonyl (C=O) groups excluding carboxylic acids is 1. The number of rotatable bonds is 6. The first-order valence-corrected chi connectivity index (χ1v) is 5.68. The largest absolute Gasteiger partial charge is 0.389 e. The molecular formula is C10H15F3N4O. The summed E-state index contributed by atoms with van der Waals surface area (Å²) in [7, 11) is 0. The topological polar surface area (TPSA) is 70.7 Å². The maximum Gasteiger partial charge on any atom is 0.389 e. The van der Waals surface area contributed by atoms with Gasteiger partial charge in [0.05, 0.1) is 0 Å². The van der Waals surface area contributed by atoms with Crippen LogP contribution in [0.3, 0.4) is 0 Å². The molecule has 0 spiro atoms. The van der Waals surface area contributed by atoms with E-state index >= 15 is 0 Å². The molecule has 0 aliphatic heterocycles. The Morgan fingerprint density at radius 1 is 1.44 bits per heavy atom. The zero-order valence-corrected chi connectivity index (χ0v) is 9.97. The van der Waals surface area contributed by atoms with Gasteiger partial charge in [-0.25, -0.2) is 4.98 Å². The standard InChI is InChI=1S/C10H15F3N4O/c1-2-4-7-15-8(17-16-7)9(18)14-6-3-5-10(11,12)13/h2-6H2,1H3,(H,14,18)(H,15,16,17). The fourth-order valence-electron chi connectivity index (χ4n) is 1.32. The van der Waals surface area contributed by atoms with Crippen molar-refractivity contribution in [1.29, 1.82) is 0 Å². The van der Waals surface area contributed by atoms with Crippen LogP contribution in [0.25, 0.3) is 0 Å². The lowest BCUT2D eigenvalue weighted by Gasteiger charge is -2.05. The average molecular weight is 264 g/mol. The first-order chi connectivity index (χ1) is 8.42. The monoisotopic (exact) mass is 264 g/mol. The normalized spacial score (nSPS) is 11.6. The van der Waals surface area contributed by atoms with E-state index in [2.05, 4.69) is 20.5 Å². The van der Waals surface area contributed by atoms with Crippen LogP contribution >= 0.6 is 0 Å². The van der Waals surface area contributed by atoms with Gasteiger partial charge in [0, 0.05) is 19.4 Å². The fourth-order valence-corrected chi connectivity index (χ4v) is 1.32. The second-order valence-corrected chi connectivity index (χ2v) is 3.83. The molecule has 0 aliphatic rings. The van der Waals surface area contributed by atoms with E-state index in [9.17, 15) is 18.0 Å². The Kier molecular flexibility index (Phi) is 5.11. The van der Waals surface area contributed by atoms with Crippen LogP contribution in [0, 0.1) is 0 Å². The molecule has 102 valence electrons. The Balaban J connectivity index is 2.31. The minimum Gasteiger partial charge on any atom is -0.349 e. The van der Waals surface area contributed by atoms with Gasteiger partial charge in [0.25, 0.3) is 5.91 Å². The van der Waals surface area contributed by atoms with E-state index in [0.29, 0.717) is 12.2 Å². The van der Waals surface area contributed by atoms with Crippen LogP contribution in [0.2, 0.25) is 0 Å². The highest BCUT2D eigenvalue weighted by Gasteiger charge is 2.26. The van der Waals surface area contributed by atoms with E-state index in [1.807, 2.05) is 6.92 Å². The number of aromatic nitrogens is 3. The summed E-state index contributed by atoms with van der Waals surface area (Å²) in [5, 5.41) is 8.64. The quantitative estimate of drug-likeness (QED) is 0.770. The molecule has 1 amide bonds. The molecule has 1 heterocycles. The maximum atomic E-state index is 11.8. The van der Waals surface area contributed by atoms with Crippen LogP contribution in [0.4, 0.5) is 13.2 Å². The van der Waals surface area contributed by atoms with Crippen molar-refractivity contribution in [3.8, 4) is 0 Å². The van der Waals surface area contributed by atoms with E-state index in [-0.39, 0.29) is 18.8 Å². The second-order valence-electron chi connectivity index (χ2n) is 3.83. The number of hydrogen-bond donors (Lipinski definition) is 2. The van der Waals surface area contributed by atoms with Gasteiger partial charge >= 0.3 is 6.18 Å². The predicted molar refractivity (Wildman–Crippen MR) is 58.0 cm³/mol. The number of nitrogens with zero attached hydrogens (tertiary/aromatic N) is 2. The van der Waals surface area contributed by atoms with Gasteiger partial charge in [0.15, 0.2) is 0 Å². The molecule has 1 aromatic rings. The van der Waals surface area contributed by atoms with Crippen molar-refractivity contribution in [3.05, 3.63) is 11.6 Å². The van der Waals surface area contributed by atoms with E-state index in [1.165, 1.54) is 0 Å². The second kappa shape index (κ2) is 6.36. The Morgan fingerprint density at radius 2 is 2.17 bits per heavy atom. The molecule has 0 saturated carbocycles. The van der Waals surface area contributed by atoms with Gasteiger partial charge in [-0.2, -0.15) is 13.2 Å². The van der Waals surface area contributed by atoms with Crippen LogP contribution in [0.15, 0.2) is 0 Å². The molecule has 0 saturated heterocycles. The summed E-state index contributed by atoms with van der Waals surface area (Å²) >= 11 is 0. The van der Waals surface area contributed by atoms with Crippen LogP contribution in [0.5, 0.6) is 0 Å². The SMILES string of the molecule is CCCc1nc(C(=O)NCCCC(F)(F)F)n[nH]1.